The molecule has 0 aliphatic heterocycles. The molecular formula is C9H11IO. The third kappa shape index (κ3) is 3.51. The van der Waals surface area contributed by atoms with Crippen molar-refractivity contribution in [1.29, 1.82) is 0 Å². The van der Waals surface area contributed by atoms with Crippen LogP contribution in [0.2, 0.25) is 0 Å². The first kappa shape index (κ1) is 10.6. The molecule has 0 spiro atoms. The molecule has 0 atom stereocenters. The third-order valence-electron chi connectivity index (χ3n) is 1.34. The average Bonchev–Trinajstić information content (AvgIpc) is 2.09. The molecule has 0 saturated carbocycles. The minimum Gasteiger partial charge on any atom is -0.307 e. The zero-order valence-corrected chi connectivity index (χ0v) is 8.67. The van der Waals surface area contributed by atoms with Crippen LogP contribution < -0.4 is 0 Å². The Kier molecular flexibility index (Phi) is 6.12. The fourth-order valence-electron chi connectivity index (χ4n) is 0.785. The SMILES string of the molecule is C=O.CCc1ccccc1I. The van der Waals surface area contributed by atoms with Crippen LogP contribution in [-0.2, 0) is 11.2 Å². The van der Waals surface area contributed by atoms with Crippen molar-refractivity contribution in [2.24, 2.45) is 0 Å². The van der Waals surface area contributed by atoms with Crippen LogP contribution in [-0.4, -0.2) is 6.79 Å². The molecule has 0 aromatic heterocycles. The maximum atomic E-state index is 8.00. The standard InChI is InChI=1S/C8H9I.CH2O/c1-2-7-5-3-4-6-8(7)9;1-2/h3-6H,2H2,1H3;1H2. The van der Waals surface area contributed by atoms with Gasteiger partial charge in [-0.15, -0.1) is 0 Å². The highest BCUT2D eigenvalue weighted by Crippen LogP contribution is 2.10. The largest absolute Gasteiger partial charge is 0.307 e. The zero-order valence-electron chi connectivity index (χ0n) is 6.51. The molecule has 0 amide bonds. The van der Waals surface area contributed by atoms with Gasteiger partial charge in [0.1, 0.15) is 6.79 Å². The second-order valence-electron chi connectivity index (χ2n) is 1.94. The smallest absolute Gasteiger partial charge is 0.106 e. The molecule has 0 aliphatic carbocycles. The Morgan fingerprint density at radius 1 is 1.36 bits per heavy atom. The van der Waals surface area contributed by atoms with E-state index in [1.807, 2.05) is 6.79 Å². The Morgan fingerprint density at radius 3 is 2.27 bits per heavy atom. The lowest BCUT2D eigenvalue weighted by atomic mass is 10.2. The molecule has 1 rings (SSSR count). The van der Waals surface area contributed by atoms with Crippen molar-refractivity contribution in [2.75, 3.05) is 0 Å². The van der Waals surface area contributed by atoms with E-state index < -0.39 is 0 Å². The predicted molar refractivity (Wildman–Crippen MR) is 55.7 cm³/mol. The van der Waals surface area contributed by atoms with E-state index in [9.17, 15) is 0 Å². The van der Waals surface area contributed by atoms with Crippen LogP contribution in [0.5, 0.6) is 0 Å². The van der Waals surface area contributed by atoms with Crippen LogP contribution in [0.3, 0.4) is 0 Å². The van der Waals surface area contributed by atoms with Gasteiger partial charge in [0.2, 0.25) is 0 Å². The van der Waals surface area contributed by atoms with Gasteiger partial charge in [0.05, 0.1) is 0 Å². The van der Waals surface area contributed by atoms with Crippen molar-refractivity contribution in [2.45, 2.75) is 13.3 Å². The van der Waals surface area contributed by atoms with E-state index in [0.717, 1.165) is 6.42 Å². The van der Waals surface area contributed by atoms with Gasteiger partial charge in [0.25, 0.3) is 0 Å². The molecule has 60 valence electrons. The summed E-state index contributed by atoms with van der Waals surface area (Å²) in [7, 11) is 0. The highest BCUT2D eigenvalue weighted by molar-refractivity contribution is 14.1. The van der Waals surface area contributed by atoms with E-state index in [4.69, 9.17) is 4.79 Å². The summed E-state index contributed by atoms with van der Waals surface area (Å²) in [5, 5.41) is 0. The third-order valence-corrected chi connectivity index (χ3v) is 2.39. The van der Waals surface area contributed by atoms with Crippen LogP contribution in [0.1, 0.15) is 12.5 Å². The lowest BCUT2D eigenvalue weighted by molar-refractivity contribution is -0.0979. The highest BCUT2D eigenvalue weighted by atomic mass is 127. The summed E-state index contributed by atoms with van der Waals surface area (Å²) >= 11 is 2.36. The first-order valence-corrected chi connectivity index (χ1v) is 4.44. The molecule has 2 heteroatoms. The van der Waals surface area contributed by atoms with E-state index in [0.29, 0.717) is 0 Å². The zero-order chi connectivity index (χ0) is 8.69. The summed E-state index contributed by atoms with van der Waals surface area (Å²) in [5.41, 5.74) is 1.44. The van der Waals surface area contributed by atoms with E-state index in [1.165, 1.54) is 9.13 Å². The Morgan fingerprint density at radius 2 is 1.91 bits per heavy atom. The van der Waals surface area contributed by atoms with Gasteiger partial charge in [-0.2, -0.15) is 0 Å². The molecule has 0 unspecified atom stereocenters. The second kappa shape index (κ2) is 6.34. The van der Waals surface area contributed by atoms with Gasteiger partial charge in [-0.05, 0) is 40.6 Å². The molecule has 0 radical (unpaired) electrons. The van der Waals surface area contributed by atoms with Gasteiger partial charge in [0.15, 0.2) is 0 Å². The molecule has 0 aliphatic rings. The molecule has 0 N–H and O–H groups in total. The van der Waals surface area contributed by atoms with E-state index in [2.05, 4.69) is 53.8 Å². The number of hydrogen-bond acceptors (Lipinski definition) is 1. The number of aryl methyl sites for hydroxylation is 1. The topological polar surface area (TPSA) is 17.1 Å². The molecule has 1 aromatic rings. The number of carbonyl (C=O) groups is 1. The molecule has 1 aromatic carbocycles. The first-order chi connectivity index (χ1) is 5.34. The maximum Gasteiger partial charge on any atom is 0.106 e. The number of halogens is 1. The Hall–Kier alpha value is -0.380. The molecule has 1 nitrogen and oxygen atoms in total. The fraction of sp³-hybridized carbons (Fsp3) is 0.222. The van der Waals surface area contributed by atoms with Gasteiger partial charge in [-0.1, -0.05) is 25.1 Å². The minimum atomic E-state index is 1.14. The molecular weight excluding hydrogens is 251 g/mol. The Bertz CT molecular complexity index is 210. The molecule has 0 saturated heterocycles. The van der Waals surface area contributed by atoms with Crippen molar-refractivity contribution in [3.8, 4) is 0 Å². The molecule has 0 heterocycles. The Balaban J connectivity index is 0.000000461. The second-order valence-corrected chi connectivity index (χ2v) is 3.11. The van der Waals surface area contributed by atoms with Gasteiger partial charge >= 0.3 is 0 Å². The maximum absolute atomic E-state index is 8.00. The van der Waals surface area contributed by atoms with E-state index >= 15 is 0 Å². The fourth-order valence-corrected chi connectivity index (χ4v) is 1.55. The number of rotatable bonds is 1. The van der Waals surface area contributed by atoms with Crippen LogP contribution in [0.4, 0.5) is 0 Å². The average molecular weight is 262 g/mol. The molecule has 11 heavy (non-hydrogen) atoms. The van der Waals surface area contributed by atoms with Crippen molar-refractivity contribution in [3.05, 3.63) is 33.4 Å². The van der Waals surface area contributed by atoms with Crippen molar-refractivity contribution in [1.82, 2.24) is 0 Å². The summed E-state index contributed by atoms with van der Waals surface area (Å²) < 4.78 is 1.37. The van der Waals surface area contributed by atoms with Crippen LogP contribution >= 0.6 is 22.6 Å². The number of carbonyl (C=O) groups excluding carboxylic acids is 1. The Labute approximate surface area is 81.0 Å². The lowest BCUT2D eigenvalue weighted by Gasteiger charge is -1.96. The monoisotopic (exact) mass is 262 g/mol. The van der Waals surface area contributed by atoms with Crippen LogP contribution in [0.25, 0.3) is 0 Å². The first-order valence-electron chi connectivity index (χ1n) is 3.37. The van der Waals surface area contributed by atoms with E-state index in [-0.39, 0.29) is 0 Å². The minimum absolute atomic E-state index is 1.14. The van der Waals surface area contributed by atoms with Gasteiger partial charge in [-0.25, -0.2) is 0 Å². The molecule has 0 bridgehead atoms. The quantitative estimate of drug-likeness (QED) is 0.711. The van der Waals surface area contributed by atoms with Crippen molar-refractivity contribution in [3.63, 3.8) is 0 Å². The van der Waals surface area contributed by atoms with Gasteiger partial charge in [-0.3, -0.25) is 0 Å². The summed E-state index contributed by atoms with van der Waals surface area (Å²) in [4.78, 5) is 8.00. The summed E-state index contributed by atoms with van der Waals surface area (Å²) in [6.07, 6.45) is 1.14. The van der Waals surface area contributed by atoms with Gasteiger partial charge < -0.3 is 4.79 Å². The summed E-state index contributed by atoms with van der Waals surface area (Å²) in [6.45, 7) is 4.18. The normalized spacial score (nSPS) is 8.18. The highest BCUT2D eigenvalue weighted by Gasteiger charge is 1.91. The predicted octanol–water partition coefficient (Wildman–Crippen LogP) is 2.67. The van der Waals surface area contributed by atoms with Crippen molar-refractivity contribution >= 4 is 29.4 Å². The van der Waals surface area contributed by atoms with Crippen LogP contribution in [0.15, 0.2) is 24.3 Å². The lowest BCUT2D eigenvalue weighted by Crippen LogP contribution is -1.82. The summed E-state index contributed by atoms with van der Waals surface area (Å²) in [5.74, 6) is 0. The number of benzene rings is 1. The summed E-state index contributed by atoms with van der Waals surface area (Å²) in [6, 6.07) is 8.46. The van der Waals surface area contributed by atoms with Crippen LogP contribution in [0, 0.1) is 3.57 Å². The molecule has 0 fully saturated rings. The van der Waals surface area contributed by atoms with Crippen molar-refractivity contribution < 1.29 is 4.79 Å². The van der Waals surface area contributed by atoms with Gasteiger partial charge in [0, 0.05) is 3.57 Å². The van der Waals surface area contributed by atoms with E-state index in [1.54, 1.807) is 0 Å². The number of hydrogen-bond donors (Lipinski definition) is 0.